The van der Waals surface area contributed by atoms with Crippen molar-refractivity contribution in [1.82, 2.24) is 0 Å². The summed E-state index contributed by atoms with van der Waals surface area (Å²) < 4.78 is 5.87. The number of fused-ring (bicyclic) bond motifs is 1. The van der Waals surface area contributed by atoms with Crippen molar-refractivity contribution in [3.8, 4) is 23.6 Å². The van der Waals surface area contributed by atoms with Gasteiger partial charge in [-0.15, -0.1) is 0 Å². The molecule has 0 aliphatic rings. The van der Waals surface area contributed by atoms with Crippen molar-refractivity contribution in [2.45, 2.75) is 0 Å². The van der Waals surface area contributed by atoms with E-state index in [1.54, 1.807) is 36.4 Å². The van der Waals surface area contributed by atoms with Crippen LogP contribution >= 0.6 is 0 Å². The molecule has 3 nitrogen and oxygen atoms in total. The molecule has 0 aromatic heterocycles. The minimum Gasteiger partial charge on any atom is -0.457 e. The van der Waals surface area contributed by atoms with Gasteiger partial charge in [-0.2, -0.15) is 10.5 Å². The lowest BCUT2D eigenvalue weighted by atomic mass is 10.0. The Bertz CT molecular complexity index is 901. The molecule has 0 heterocycles. The van der Waals surface area contributed by atoms with Gasteiger partial charge in [0, 0.05) is 10.8 Å². The molecule has 0 atom stereocenters. The average Bonchev–Trinajstić information content (AvgIpc) is 2.55. The molecule has 0 fully saturated rings. The first-order valence-electron chi connectivity index (χ1n) is 6.41. The summed E-state index contributed by atoms with van der Waals surface area (Å²) in [6.07, 6.45) is 0. The molecule has 21 heavy (non-hydrogen) atoms. The molecule has 0 saturated carbocycles. The highest BCUT2D eigenvalue weighted by molar-refractivity contribution is 5.92. The monoisotopic (exact) mass is 270 g/mol. The Labute approximate surface area is 122 Å². The van der Waals surface area contributed by atoms with Crippen molar-refractivity contribution >= 4 is 10.8 Å². The molecule has 0 bridgehead atoms. The first kappa shape index (κ1) is 12.7. The van der Waals surface area contributed by atoms with Gasteiger partial charge >= 0.3 is 0 Å². The number of benzene rings is 3. The summed E-state index contributed by atoms with van der Waals surface area (Å²) in [4.78, 5) is 0. The van der Waals surface area contributed by atoms with Crippen LogP contribution in [0.2, 0.25) is 0 Å². The number of nitrogens with zero attached hydrogens (tertiary/aromatic N) is 2. The Hall–Kier alpha value is -3.30. The molecule has 0 aliphatic carbocycles. The molecule has 0 amide bonds. The van der Waals surface area contributed by atoms with Crippen LogP contribution in [0.25, 0.3) is 10.8 Å². The quantitative estimate of drug-likeness (QED) is 0.694. The third kappa shape index (κ3) is 2.41. The van der Waals surface area contributed by atoms with E-state index in [1.807, 2.05) is 24.3 Å². The summed E-state index contributed by atoms with van der Waals surface area (Å²) in [5.74, 6) is 1.27. The smallest absolute Gasteiger partial charge is 0.135 e. The van der Waals surface area contributed by atoms with Crippen molar-refractivity contribution in [3.05, 3.63) is 71.8 Å². The van der Waals surface area contributed by atoms with E-state index in [0.717, 1.165) is 10.8 Å². The lowest BCUT2D eigenvalue weighted by Gasteiger charge is -2.10. The molecule has 0 radical (unpaired) electrons. The standard InChI is InChI=1S/C18H10N2O/c19-11-13-4-3-5-15(10-13)21-18-9-8-14(12-20)16-6-1-2-7-17(16)18/h1-10H. The number of nitriles is 2. The molecular weight excluding hydrogens is 260 g/mol. The van der Waals surface area contributed by atoms with Crippen LogP contribution in [-0.2, 0) is 0 Å². The molecule has 98 valence electrons. The maximum Gasteiger partial charge on any atom is 0.135 e. The van der Waals surface area contributed by atoms with Gasteiger partial charge in [0.25, 0.3) is 0 Å². The predicted octanol–water partition coefficient (Wildman–Crippen LogP) is 4.38. The van der Waals surface area contributed by atoms with Crippen LogP contribution in [0.15, 0.2) is 60.7 Å². The summed E-state index contributed by atoms with van der Waals surface area (Å²) >= 11 is 0. The second kappa shape index (κ2) is 5.36. The highest BCUT2D eigenvalue weighted by atomic mass is 16.5. The maximum atomic E-state index is 9.16. The summed E-state index contributed by atoms with van der Waals surface area (Å²) in [6, 6.07) is 22.4. The molecule has 0 aliphatic heterocycles. The van der Waals surface area contributed by atoms with E-state index >= 15 is 0 Å². The van der Waals surface area contributed by atoms with E-state index in [9.17, 15) is 0 Å². The van der Waals surface area contributed by atoms with Crippen LogP contribution in [0.4, 0.5) is 0 Å². The predicted molar refractivity (Wildman–Crippen MR) is 79.9 cm³/mol. The second-order valence-corrected chi connectivity index (χ2v) is 4.51. The molecular formula is C18H10N2O. The first-order chi connectivity index (χ1) is 10.3. The van der Waals surface area contributed by atoms with E-state index < -0.39 is 0 Å². The zero-order valence-electron chi connectivity index (χ0n) is 11.1. The van der Waals surface area contributed by atoms with Crippen LogP contribution in [0.5, 0.6) is 11.5 Å². The van der Waals surface area contributed by atoms with Crippen molar-refractivity contribution in [2.75, 3.05) is 0 Å². The maximum absolute atomic E-state index is 9.16. The van der Waals surface area contributed by atoms with Crippen molar-refractivity contribution in [1.29, 1.82) is 10.5 Å². The van der Waals surface area contributed by atoms with Gasteiger partial charge in [0.05, 0.1) is 23.3 Å². The van der Waals surface area contributed by atoms with Gasteiger partial charge in [-0.05, 0) is 30.3 Å². The first-order valence-corrected chi connectivity index (χ1v) is 6.41. The van der Waals surface area contributed by atoms with E-state index in [-0.39, 0.29) is 0 Å². The largest absolute Gasteiger partial charge is 0.457 e. The molecule has 0 N–H and O–H groups in total. The lowest BCUT2D eigenvalue weighted by Crippen LogP contribution is -1.88. The Morgan fingerprint density at radius 2 is 1.57 bits per heavy atom. The zero-order chi connectivity index (χ0) is 14.7. The fraction of sp³-hybridized carbons (Fsp3) is 0. The van der Waals surface area contributed by atoms with Gasteiger partial charge in [-0.25, -0.2) is 0 Å². The fourth-order valence-corrected chi connectivity index (χ4v) is 2.21. The summed E-state index contributed by atoms with van der Waals surface area (Å²) in [6.45, 7) is 0. The minimum atomic E-state index is 0.547. The molecule has 3 aromatic carbocycles. The van der Waals surface area contributed by atoms with Gasteiger partial charge in [0.1, 0.15) is 11.5 Å². The van der Waals surface area contributed by atoms with Crippen LogP contribution in [-0.4, -0.2) is 0 Å². The summed E-state index contributed by atoms with van der Waals surface area (Å²) in [7, 11) is 0. The van der Waals surface area contributed by atoms with Gasteiger partial charge < -0.3 is 4.74 Å². The van der Waals surface area contributed by atoms with E-state index in [2.05, 4.69) is 12.1 Å². The molecule has 0 unspecified atom stereocenters. The Morgan fingerprint density at radius 3 is 2.33 bits per heavy atom. The molecule has 3 rings (SSSR count). The average molecular weight is 270 g/mol. The number of ether oxygens (including phenoxy) is 1. The third-order valence-electron chi connectivity index (χ3n) is 3.20. The highest BCUT2D eigenvalue weighted by Crippen LogP contribution is 2.32. The topological polar surface area (TPSA) is 56.8 Å². The lowest BCUT2D eigenvalue weighted by molar-refractivity contribution is 0.488. The van der Waals surface area contributed by atoms with Gasteiger partial charge in [-0.3, -0.25) is 0 Å². The molecule has 3 aromatic rings. The zero-order valence-corrected chi connectivity index (χ0v) is 11.1. The fourth-order valence-electron chi connectivity index (χ4n) is 2.21. The normalized spacial score (nSPS) is 9.81. The Balaban J connectivity index is 2.10. The van der Waals surface area contributed by atoms with E-state index in [4.69, 9.17) is 15.3 Å². The third-order valence-corrected chi connectivity index (χ3v) is 3.20. The SMILES string of the molecule is N#Cc1cccc(Oc2ccc(C#N)c3ccccc23)c1. The molecule has 0 spiro atoms. The molecule has 0 saturated heterocycles. The summed E-state index contributed by atoms with van der Waals surface area (Å²) in [5.41, 5.74) is 1.16. The van der Waals surface area contributed by atoms with Crippen LogP contribution in [0.1, 0.15) is 11.1 Å². The van der Waals surface area contributed by atoms with Crippen molar-refractivity contribution in [3.63, 3.8) is 0 Å². The van der Waals surface area contributed by atoms with Crippen molar-refractivity contribution < 1.29 is 4.74 Å². The summed E-state index contributed by atoms with van der Waals surface area (Å²) in [5, 5.41) is 19.8. The van der Waals surface area contributed by atoms with Gasteiger partial charge in [-0.1, -0.05) is 30.3 Å². The van der Waals surface area contributed by atoms with Gasteiger partial charge in [0.15, 0.2) is 0 Å². The Morgan fingerprint density at radius 1 is 0.762 bits per heavy atom. The minimum absolute atomic E-state index is 0.547. The van der Waals surface area contributed by atoms with Crippen LogP contribution < -0.4 is 4.74 Å². The van der Waals surface area contributed by atoms with E-state index in [1.165, 1.54) is 0 Å². The number of hydrogen-bond acceptors (Lipinski definition) is 3. The van der Waals surface area contributed by atoms with Crippen LogP contribution in [0.3, 0.4) is 0 Å². The molecule has 3 heteroatoms. The highest BCUT2D eigenvalue weighted by Gasteiger charge is 2.07. The van der Waals surface area contributed by atoms with E-state index in [0.29, 0.717) is 22.6 Å². The van der Waals surface area contributed by atoms with Gasteiger partial charge in [0.2, 0.25) is 0 Å². The number of rotatable bonds is 2. The second-order valence-electron chi connectivity index (χ2n) is 4.51. The van der Waals surface area contributed by atoms with Crippen LogP contribution in [0, 0.1) is 22.7 Å². The van der Waals surface area contributed by atoms with Crippen molar-refractivity contribution in [2.24, 2.45) is 0 Å². The number of hydrogen-bond donors (Lipinski definition) is 0. The Kier molecular flexibility index (Phi) is 3.25.